The summed E-state index contributed by atoms with van der Waals surface area (Å²) in [7, 11) is 0. The third kappa shape index (κ3) is 5.80. The minimum Gasteiger partial charge on any atom is -0.118 e. The number of allylic oxidation sites excluding steroid dienone is 5. The van der Waals surface area contributed by atoms with Crippen molar-refractivity contribution in [1.82, 2.24) is 0 Å². The molecule has 0 bridgehead atoms. The summed E-state index contributed by atoms with van der Waals surface area (Å²) in [6, 6.07) is 8.67. The molecular weight excluding hydrogens is 248 g/mol. The summed E-state index contributed by atoms with van der Waals surface area (Å²) in [5.41, 5.74) is 1.29. The lowest BCUT2D eigenvalue weighted by Gasteiger charge is -2.17. The predicted octanol–water partition coefficient (Wildman–Crippen LogP) is 5.58. The Morgan fingerprint density at radius 2 is 1.58 bits per heavy atom. The van der Waals surface area contributed by atoms with Gasteiger partial charge in [0, 0.05) is 10.1 Å². The molecule has 0 N–H and O–H groups in total. The van der Waals surface area contributed by atoms with Gasteiger partial charge in [-0.05, 0) is 25.0 Å². The molecule has 0 saturated carbocycles. The molecule has 0 amide bonds. The van der Waals surface area contributed by atoms with Crippen LogP contribution in [0.1, 0.15) is 12.5 Å². The first-order valence-electron chi connectivity index (χ1n) is 6.49. The highest BCUT2D eigenvalue weighted by atomic mass is 32.2. The molecule has 0 heterocycles. The van der Waals surface area contributed by atoms with Crippen molar-refractivity contribution in [3.63, 3.8) is 0 Å². The molecule has 0 aliphatic heterocycles. The standard InChI is InChI=1S/C18H22S/c1-5-7-9-16(4)18(10-8-6-2)19-17-13-11-15(3)12-14-17/h5-14,16,18H,1-2H2,3-4H3. The third-order valence-electron chi connectivity index (χ3n) is 2.80. The van der Waals surface area contributed by atoms with Crippen LogP contribution < -0.4 is 0 Å². The highest BCUT2D eigenvalue weighted by molar-refractivity contribution is 8.00. The minimum absolute atomic E-state index is 0.400. The fourth-order valence-electron chi connectivity index (χ4n) is 1.65. The van der Waals surface area contributed by atoms with E-state index in [2.05, 4.69) is 63.4 Å². The van der Waals surface area contributed by atoms with E-state index >= 15 is 0 Å². The van der Waals surface area contributed by atoms with Crippen molar-refractivity contribution in [3.8, 4) is 0 Å². The molecule has 100 valence electrons. The van der Waals surface area contributed by atoms with E-state index < -0.39 is 0 Å². The molecule has 1 aromatic rings. The van der Waals surface area contributed by atoms with Crippen LogP contribution in [0.15, 0.2) is 78.8 Å². The zero-order valence-electron chi connectivity index (χ0n) is 11.8. The topological polar surface area (TPSA) is 0 Å². The van der Waals surface area contributed by atoms with Crippen LogP contribution in [0.25, 0.3) is 0 Å². The fraction of sp³-hybridized carbons (Fsp3) is 0.222. The lowest BCUT2D eigenvalue weighted by Crippen LogP contribution is -2.08. The van der Waals surface area contributed by atoms with Gasteiger partial charge in [0.25, 0.3) is 0 Å². The largest absolute Gasteiger partial charge is 0.118 e. The van der Waals surface area contributed by atoms with Crippen LogP contribution in [0.2, 0.25) is 0 Å². The molecule has 0 aliphatic rings. The van der Waals surface area contributed by atoms with Crippen molar-refractivity contribution in [2.45, 2.75) is 24.0 Å². The van der Waals surface area contributed by atoms with E-state index in [9.17, 15) is 0 Å². The molecule has 1 aromatic carbocycles. The van der Waals surface area contributed by atoms with Crippen LogP contribution in [0.5, 0.6) is 0 Å². The molecule has 0 nitrogen and oxygen atoms in total. The maximum Gasteiger partial charge on any atom is 0.0337 e. The van der Waals surface area contributed by atoms with Crippen LogP contribution in [-0.4, -0.2) is 5.25 Å². The van der Waals surface area contributed by atoms with Crippen molar-refractivity contribution in [2.24, 2.45) is 5.92 Å². The van der Waals surface area contributed by atoms with Crippen LogP contribution in [-0.2, 0) is 0 Å². The van der Waals surface area contributed by atoms with Crippen LogP contribution in [0.4, 0.5) is 0 Å². The van der Waals surface area contributed by atoms with E-state index in [1.807, 2.05) is 36.1 Å². The van der Waals surface area contributed by atoms with E-state index in [1.54, 1.807) is 0 Å². The highest BCUT2D eigenvalue weighted by Crippen LogP contribution is 2.30. The molecule has 1 heteroatoms. The van der Waals surface area contributed by atoms with Gasteiger partial charge >= 0.3 is 0 Å². The fourth-order valence-corrected chi connectivity index (χ4v) is 2.73. The van der Waals surface area contributed by atoms with Gasteiger partial charge < -0.3 is 0 Å². The van der Waals surface area contributed by atoms with Crippen LogP contribution in [0, 0.1) is 12.8 Å². The predicted molar refractivity (Wildman–Crippen MR) is 88.7 cm³/mol. The molecular formula is C18H22S. The number of aryl methyl sites for hydroxylation is 1. The maximum absolute atomic E-state index is 3.74. The van der Waals surface area contributed by atoms with E-state index in [-0.39, 0.29) is 0 Å². The molecule has 0 spiro atoms. The Morgan fingerprint density at radius 3 is 2.16 bits per heavy atom. The summed E-state index contributed by atoms with van der Waals surface area (Å²) in [5, 5.41) is 0.400. The Hall–Kier alpha value is -1.47. The van der Waals surface area contributed by atoms with Gasteiger partial charge in [0.2, 0.25) is 0 Å². The van der Waals surface area contributed by atoms with Crippen molar-refractivity contribution in [2.75, 3.05) is 0 Å². The van der Waals surface area contributed by atoms with Crippen molar-refractivity contribution < 1.29 is 0 Å². The first-order valence-corrected chi connectivity index (χ1v) is 7.37. The first kappa shape index (κ1) is 15.6. The van der Waals surface area contributed by atoms with E-state index in [4.69, 9.17) is 0 Å². The summed E-state index contributed by atoms with van der Waals surface area (Å²) in [4.78, 5) is 1.29. The molecule has 0 aromatic heterocycles. The van der Waals surface area contributed by atoms with Gasteiger partial charge in [0.15, 0.2) is 0 Å². The van der Waals surface area contributed by atoms with Crippen LogP contribution in [0.3, 0.4) is 0 Å². The number of hydrogen-bond donors (Lipinski definition) is 0. The second-order valence-corrected chi connectivity index (χ2v) is 5.75. The molecule has 0 saturated heterocycles. The second-order valence-electron chi connectivity index (χ2n) is 4.50. The lowest BCUT2D eigenvalue weighted by atomic mass is 10.1. The Kier molecular flexibility index (Phi) is 7.06. The monoisotopic (exact) mass is 270 g/mol. The summed E-state index contributed by atoms with van der Waals surface area (Å²) in [5.74, 6) is 0.445. The van der Waals surface area contributed by atoms with E-state index in [0.29, 0.717) is 11.2 Å². The number of rotatable bonds is 7. The molecule has 2 atom stereocenters. The highest BCUT2D eigenvalue weighted by Gasteiger charge is 2.12. The zero-order valence-corrected chi connectivity index (χ0v) is 12.6. The molecule has 19 heavy (non-hydrogen) atoms. The molecule has 2 unspecified atom stereocenters. The smallest absolute Gasteiger partial charge is 0.0337 e. The SMILES string of the molecule is C=CC=CC(C)C(C=CC=C)Sc1ccc(C)cc1. The normalized spacial score (nSPS) is 14.6. The van der Waals surface area contributed by atoms with Crippen LogP contribution >= 0.6 is 11.8 Å². The van der Waals surface area contributed by atoms with Crippen molar-refractivity contribution in [3.05, 3.63) is 79.4 Å². The molecule has 0 fully saturated rings. The van der Waals surface area contributed by atoms with Gasteiger partial charge in [0.05, 0.1) is 0 Å². The summed E-state index contributed by atoms with van der Waals surface area (Å²) in [6.45, 7) is 11.8. The molecule has 0 radical (unpaired) electrons. The van der Waals surface area contributed by atoms with E-state index in [1.165, 1.54) is 10.5 Å². The summed E-state index contributed by atoms with van der Waals surface area (Å²) < 4.78 is 0. The number of hydrogen-bond acceptors (Lipinski definition) is 1. The molecule has 0 aliphatic carbocycles. The average molecular weight is 270 g/mol. The van der Waals surface area contributed by atoms with Gasteiger partial charge in [-0.25, -0.2) is 0 Å². The Labute approximate surface area is 121 Å². The quantitative estimate of drug-likeness (QED) is 0.460. The van der Waals surface area contributed by atoms with Gasteiger partial charge in [-0.15, -0.1) is 11.8 Å². The first-order chi connectivity index (χ1) is 9.17. The van der Waals surface area contributed by atoms with Gasteiger partial charge in [0.1, 0.15) is 0 Å². The summed E-state index contributed by atoms with van der Waals surface area (Å²) in [6.07, 6.45) is 12.1. The third-order valence-corrected chi connectivity index (χ3v) is 4.20. The van der Waals surface area contributed by atoms with Gasteiger partial charge in [-0.1, -0.05) is 74.2 Å². The van der Waals surface area contributed by atoms with Gasteiger partial charge in [-0.2, -0.15) is 0 Å². The second kappa shape index (κ2) is 8.60. The lowest BCUT2D eigenvalue weighted by molar-refractivity contribution is 0.760. The number of benzene rings is 1. The van der Waals surface area contributed by atoms with Crippen molar-refractivity contribution in [1.29, 1.82) is 0 Å². The van der Waals surface area contributed by atoms with Crippen molar-refractivity contribution >= 4 is 11.8 Å². The minimum atomic E-state index is 0.400. The Bertz CT molecular complexity index is 451. The molecule has 1 rings (SSSR count). The van der Waals surface area contributed by atoms with Gasteiger partial charge in [-0.3, -0.25) is 0 Å². The Balaban J connectivity index is 2.81. The Morgan fingerprint density at radius 1 is 1.00 bits per heavy atom. The zero-order chi connectivity index (χ0) is 14.1. The van der Waals surface area contributed by atoms with E-state index in [0.717, 1.165) is 0 Å². The average Bonchev–Trinajstić information content (AvgIpc) is 2.42. The summed E-state index contributed by atoms with van der Waals surface area (Å²) >= 11 is 1.88. The maximum atomic E-state index is 3.74. The number of thioether (sulfide) groups is 1.